The second-order valence-electron chi connectivity index (χ2n) is 5.73. The third kappa shape index (κ3) is 2.72. The van der Waals surface area contributed by atoms with Crippen molar-refractivity contribution in [2.24, 2.45) is 0 Å². The number of carbonyl (C=O) groups excluding carboxylic acids is 1. The highest BCUT2D eigenvalue weighted by Gasteiger charge is 2.54. The van der Waals surface area contributed by atoms with Crippen LogP contribution in [0.5, 0.6) is 0 Å². The summed E-state index contributed by atoms with van der Waals surface area (Å²) >= 11 is 0. The largest absolute Gasteiger partial charge is 0.478 e. The normalized spacial score (nSPS) is 15.0. The molecule has 1 N–H and O–H groups in total. The van der Waals surface area contributed by atoms with Crippen molar-refractivity contribution in [1.29, 1.82) is 0 Å². The maximum atomic E-state index is 12.4. The molecule has 0 saturated heterocycles. The maximum absolute atomic E-state index is 12.4. The molecule has 0 atom stereocenters. The van der Waals surface area contributed by atoms with Crippen LogP contribution in [0.2, 0.25) is 0 Å². The zero-order chi connectivity index (χ0) is 16.4. The monoisotopic (exact) mass is 310 g/mol. The van der Waals surface area contributed by atoms with E-state index < -0.39 is 11.4 Å². The van der Waals surface area contributed by atoms with Gasteiger partial charge in [0, 0.05) is 0 Å². The van der Waals surface area contributed by atoms with Crippen LogP contribution in [0.4, 0.5) is 0 Å². The Labute approximate surface area is 134 Å². The van der Waals surface area contributed by atoms with Crippen molar-refractivity contribution < 1.29 is 19.4 Å². The number of hydrogen-bond donors (Lipinski definition) is 1. The first-order valence-electron chi connectivity index (χ1n) is 7.69. The first kappa shape index (κ1) is 15.3. The van der Waals surface area contributed by atoms with Crippen LogP contribution >= 0.6 is 0 Å². The summed E-state index contributed by atoms with van der Waals surface area (Å²) in [5.41, 5.74) is 2.10. The second-order valence-corrected chi connectivity index (χ2v) is 5.73. The Balaban J connectivity index is 2.15. The number of ether oxygens (including phenoxy) is 1. The molecule has 1 aliphatic rings. The highest BCUT2D eigenvalue weighted by atomic mass is 16.5. The summed E-state index contributed by atoms with van der Waals surface area (Å²) in [6.45, 7) is 2.10. The minimum absolute atomic E-state index is 0.190. The van der Waals surface area contributed by atoms with Crippen LogP contribution < -0.4 is 0 Å². The minimum Gasteiger partial charge on any atom is -0.478 e. The van der Waals surface area contributed by atoms with Crippen LogP contribution in [0.15, 0.2) is 48.5 Å². The van der Waals surface area contributed by atoms with Gasteiger partial charge in [0.1, 0.15) is 0 Å². The number of rotatable bonds is 5. The molecule has 1 saturated carbocycles. The number of esters is 1. The van der Waals surface area contributed by atoms with E-state index in [0.29, 0.717) is 19.4 Å². The van der Waals surface area contributed by atoms with Crippen molar-refractivity contribution >= 4 is 11.9 Å². The summed E-state index contributed by atoms with van der Waals surface area (Å²) in [6, 6.07) is 14.7. The lowest BCUT2D eigenvalue weighted by Gasteiger charge is -2.19. The highest BCUT2D eigenvalue weighted by Crippen LogP contribution is 2.52. The molecule has 0 bridgehead atoms. The van der Waals surface area contributed by atoms with E-state index in [-0.39, 0.29) is 11.5 Å². The van der Waals surface area contributed by atoms with E-state index in [2.05, 4.69) is 0 Å². The van der Waals surface area contributed by atoms with Crippen LogP contribution in [0.3, 0.4) is 0 Å². The average Bonchev–Trinajstić information content (AvgIpc) is 3.37. The SMILES string of the molecule is CCOC(=O)C1(c2cc(C(=O)O)ccc2-c2ccccc2)CC1. The second kappa shape index (κ2) is 5.88. The molecule has 0 aliphatic heterocycles. The van der Waals surface area contributed by atoms with Crippen molar-refractivity contribution in [3.05, 3.63) is 59.7 Å². The van der Waals surface area contributed by atoms with Gasteiger partial charge in [0.15, 0.2) is 0 Å². The van der Waals surface area contributed by atoms with Crippen LogP contribution in [0, 0.1) is 0 Å². The number of carbonyl (C=O) groups is 2. The molecule has 0 amide bonds. The summed E-state index contributed by atoms with van der Waals surface area (Å²) in [4.78, 5) is 23.8. The minimum atomic E-state index is -0.995. The van der Waals surface area contributed by atoms with E-state index in [1.807, 2.05) is 30.3 Å². The van der Waals surface area contributed by atoms with Crippen molar-refractivity contribution in [1.82, 2.24) is 0 Å². The van der Waals surface area contributed by atoms with Gasteiger partial charge in [-0.3, -0.25) is 4.79 Å². The van der Waals surface area contributed by atoms with Gasteiger partial charge in [-0.1, -0.05) is 36.4 Å². The molecule has 4 nitrogen and oxygen atoms in total. The summed E-state index contributed by atoms with van der Waals surface area (Å²) < 4.78 is 5.23. The molecule has 0 spiro atoms. The summed E-state index contributed by atoms with van der Waals surface area (Å²) in [6.07, 6.45) is 1.38. The Morgan fingerprint density at radius 3 is 2.39 bits per heavy atom. The van der Waals surface area contributed by atoms with Crippen molar-refractivity contribution in [3.8, 4) is 11.1 Å². The van der Waals surface area contributed by atoms with Gasteiger partial charge in [-0.25, -0.2) is 4.79 Å². The molecular weight excluding hydrogens is 292 g/mol. The van der Waals surface area contributed by atoms with E-state index in [1.54, 1.807) is 25.1 Å². The Hall–Kier alpha value is -2.62. The smallest absolute Gasteiger partial charge is 0.335 e. The van der Waals surface area contributed by atoms with Gasteiger partial charge in [0.2, 0.25) is 0 Å². The quantitative estimate of drug-likeness (QED) is 0.856. The third-order valence-corrected chi connectivity index (χ3v) is 4.28. The van der Waals surface area contributed by atoms with Crippen molar-refractivity contribution in [2.45, 2.75) is 25.2 Å². The summed E-state index contributed by atoms with van der Waals surface area (Å²) in [5, 5.41) is 9.28. The zero-order valence-electron chi connectivity index (χ0n) is 12.9. The van der Waals surface area contributed by atoms with E-state index >= 15 is 0 Å². The molecular formula is C19H18O4. The number of carboxylic acids is 1. The molecule has 118 valence electrons. The molecule has 4 heteroatoms. The molecule has 0 unspecified atom stereocenters. The molecule has 23 heavy (non-hydrogen) atoms. The predicted molar refractivity (Wildman–Crippen MR) is 86.4 cm³/mol. The van der Waals surface area contributed by atoms with Gasteiger partial charge in [0.05, 0.1) is 17.6 Å². The lowest BCUT2D eigenvalue weighted by Crippen LogP contribution is -2.24. The fraction of sp³-hybridized carbons (Fsp3) is 0.263. The van der Waals surface area contributed by atoms with Gasteiger partial charge in [0.25, 0.3) is 0 Å². The van der Waals surface area contributed by atoms with Gasteiger partial charge in [-0.15, -0.1) is 0 Å². The molecule has 2 aromatic rings. The number of carboxylic acid groups (broad SMARTS) is 1. The van der Waals surface area contributed by atoms with Crippen LogP contribution in [-0.2, 0) is 14.9 Å². The molecule has 1 fully saturated rings. The fourth-order valence-corrected chi connectivity index (χ4v) is 2.92. The lowest BCUT2D eigenvalue weighted by molar-refractivity contribution is -0.146. The highest BCUT2D eigenvalue weighted by molar-refractivity contribution is 5.94. The van der Waals surface area contributed by atoms with Crippen molar-refractivity contribution in [2.75, 3.05) is 6.61 Å². The van der Waals surface area contributed by atoms with Crippen LogP contribution in [-0.4, -0.2) is 23.7 Å². The van der Waals surface area contributed by atoms with Gasteiger partial charge < -0.3 is 9.84 Å². The van der Waals surface area contributed by atoms with E-state index in [1.165, 1.54) is 0 Å². The number of aromatic carboxylic acids is 1. The Bertz CT molecular complexity index is 745. The Morgan fingerprint density at radius 2 is 1.83 bits per heavy atom. The average molecular weight is 310 g/mol. The first-order valence-corrected chi connectivity index (χ1v) is 7.69. The summed E-state index contributed by atoms with van der Waals surface area (Å²) in [5.74, 6) is -1.26. The Kier molecular flexibility index (Phi) is 3.90. The van der Waals surface area contributed by atoms with E-state index in [4.69, 9.17) is 4.74 Å². The number of benzene rings is 2. The summed E-state index contributed by atoms with van der Waals surface area (Å²) in [7, 11) is 0. The molecule has 1 aliphatic carbocycles. The molecule has 0 radical (unpaired) electrons. The van der Waals surface area contributed by atoms with E-state index in [9.17, 15) is 14.7 Å². The molecule has 3 rings (SSSR count). The van der Waals surface area contributed by atoms with Crippen LogP contribution in [0.25, 0.3) is 11.1 Å². The van der Waals surface area contributed by atoms with Gasteiger partial charge in [-0.2, -0.15) is 0 Å². The van der Waals surface area contributed by atoms with Crippen molar-refractivity contribution in [3.63, 3.8) is 0 Å². The van der Waals surface area contributed by atoms with Gasteiger partial charge in [-0.05, 0) is 48.6 Å². The maximum Gasteiger partial charge on any atom is 0.335 e. The predicted octanol–water partition coefficient (Wildman–Crippen LogP) is 3.65. The molecule has 0 aromatic heterocycles. The topological polar surface area (TPSA) is 63.6 Å². The zero-order valence-corrected chi connectivity index (χ0v) is 12.9. The Morgan fingerprint density at radius 1 is 1.13 bits per heavy atom. The lowest BCUT2D eigenvalue weighted by atomic mass is 9.86. The van der Waals surface area contributed by atoms with Gasteiger partial charge >= 0.3 is 11.9 Å². The van der Waals surface area contributed by atoms with E-state index in [0.717, 1.165) is 16.7 Å². The fourth-order valence-electron chi connectivity index (χ4n) is 2.92. The molecule has 0 heterocycles. The molecule has 2 aromatic carbocycles. The third-order valence-electron chi connectivity index (χ3n) is 4.28. The first-order chi connectivity index (χ1) is 11.1. The number of hydrogen-bond acceptors (Lipinski definition) is 3. The standard InChI is InChI=1S/C19H18O4/c1-2-23-18(22)19(10-11-19)16-12-14(17(20)21)8-9-15(16)13-6-4-3-5-7-13/h3-9,12H,2,10-11H2,1H3,(H,20,21). The van der Waals surface area contributed by atoms with Crippen LogP contribution in [0.1, 0.15) is 35.7 Å².